The molecule has 4 aliphatic rings. The molecule has 4 fully saturated rings. The molecule has 5 heteroatoms. The molecule has 0 atom stereocenters. The molecule has 4 rings (SSSR count). The van der Waals surface area contributed by atoms with Crippen molar-refractivity contribution in [3.63, 3.8) is 0 Å². The average molecular weight is 435 g/mol. The van der Waals surface area contributed by atoms with Gasteiger partial charge in [-0.3, -0.25) is 0 Å². The van der Waals surface area contributed by atoms with Crippen molar-refractivity contribution in [1.82, 2.24) is 9.34 Å². The van der Waals surface area contributed by atoms with Crippen molar-refractivity contribution in [3.8, 4) is 0 Å². The SMILES string of the molecule is ClC1(Cl)CCN([PH](C2CCCCC2)(C2CCCCC2)N2CCCCC2)CC1. The minimum atomic E-state index is -1.71. The first-order chi connectivity index (χ1) is 13.1. The molecular formula is C22H41Cl2N2P. The van der Waals surface area contributed by atoms with E-state index in [1.165, 1.54) is 96.6 Å². The summed E-state index contributed by atoms with van der Waals surface area (Å²) in [6.07, 6.45) is 21.1. The number of hydrogen-bond acceptors (Lipinski definition) is 2. The normalized spacial score (nSPS) is 31.0. The van der Waals surface area contributed by atoms with Crippen molar-refractivity contribution in [1.29, 1.82) is 0 Å². The van der Waals surface area contributed by atoms with Crippen LogP contribution in [0.25, 0.3) is 0 Å². The first kappa shape index (κ1) is 21.2. The molecule has 27 heavy (non-hydrogen) atoms. The summed E-state index contributed by atoms with van der Waals surface area (Å²) in [6.45, 7) is 5.07. The third-order valence-electron chi connectivity index (χ3n) is 8.28. The van der Waals surface area contributed by atoms with Crippen LogP contribution in [0.3, 0.4) is 0 Å². The molecule has 0 aromatic heterocycles. The van der Waals surface area contributed by atoms with Gasteiger partial charge in [0, 0.05) is 0 Å². The fourth-order valence-corrected chi connectivity index (χ4v) is 15.0. The fraction of sp³-hybridized carbons (Fsp3) is 1.00. The summed E-state index contributed by atoms with van der Waals surface area (Å²) >= 11 is 13.2. The van der Waals surface area contributed by atoms with E-state index in [9.17, 15) is 0 Å². The van der Waals surface area contributed by atoms with Crippen LogP contribution in [0.15, 0.2) is 0 Å². The maximum absolute atomic E-state index is 6.59. The molecule has 2 aliphatic heterocycles. The van der Waals surface area contributed by atoms with Crippen LogP contribution in [0.1, 0.15) is 96.3 Å². The van der Waals surface area contributed by atoms with E-state index in [2.05, 4.69) is 9.34 Å². The van der Waals surface area contributed by atoms with Crippen molar-refractivity contribution in [2.24, 2.45) is 0 Å². The molecule has 0 aromatic carbocycles. The van der Waals surface area contributed by atoms with Gasteiger partial charge in [-0.2, -0.15) is 0 Å². The minimum absolute atomic E-state index is 0.475. The Bertz CT molecular complexity index is 413. The van der Waals surface area contributed by atoms with E-state index in [0.29, 0.717) is 0 Å². The van der Waals surface area contributed by atoms with Crippen LogP contribution < -0.4 is 0 Å². The number of piperidine rings is 2. The molecule has 2 saturated heterocycles. The molecule has 2 heterocycles. The van der Waals surface area contributed by atoms with Gasteiger partial charge >= 0.3 is 178 Å². The van der Waals surface area contributed by atoms with Gasteiger partial charge in [0.15, 0.2) is 0 Å². The van der Waals surface area contributed by atoms with Crippen LogP contribution in [-0.4, -0.2) is 51.2 Å². The van der Waals surface area contributed by atoms with Gasteiger partial charge in [0.2, 0.25) is 0 Å². The molecule has 2 nitrogen and oxygen atoms in total. The van der Waals surface area contributed by atoms with E-state index in [1.54, 1.807) is 0 Å². The molecule has 0 N–H and O–H groups in total. The maximum atomic E-state index is 6.59. The first-order valence-electron chi connectivity index (χ1n) is 12.0. The number of hydrogen-bond donors (Lipinski definition) is 0. The molecule has 0 amide bonds. The van der Waals surface area contributed by atoms with Crippen LogP contribution in [0, 0.1) is 0 Å². The predicted molar refractivity (Wildman–Crippen MR) is 123 cm³/mol. The van der Waals surface area contributed by atoms with E-state index in [4.69, 9.17) is 23.2 Å². The molecule has 0 spiro atoms. The Hall–Kier alpha value is 0.930. The second kappa shape index (κ2) is 9.38. The summed E-state index contributed by atoms with van der Waals surface area (Å²) in [5.74, 6) is 0. The van der Waals surface area contributed by atoms with Gasteiger partial charge in [-0.1, -0.05) is 0 Å². The van der Waals surface area contributed by atoms with E-state index in [0.717, 1.165) is 37.2 Å². The number of rotatable bonds is 4. The van der Waals surface area contributed by atoms with Crippen molar-refractivity contribution in [2.45, 2.75) is 112 Å². The predicted octanol–water partition coefficient (Wildman–Crippen LogP) is 6.99. The zero-order valence-corrected chi connectivity index (χ0v) is 19.8. The summed E-state index contributed by atoms with van der Waals surface area (Å²) in [7, 11) is -1.71. The van der Waals surface area contributed by atoms with Gasteiger partial charge in [-0.25, -0.2) is 0 Å². The standard InChI is InChI=1S/C22H41Cl2N2P/c23-22(24)14-18-26(19-15-22)27(20-10-4-1-5-11-20,21-12-6-2-7-13-21)25-16-8-3-9-17-25/h20-21,27H,1-19H2. The summed E-state index contributed by atoms with van der Waals surface area (Å²) in [4.78, 5) is 0. The topological polar surface area (TPSA) is 6.48 Å². The number of nitrogens with zero attached hydrogens (tertiary/aromatic N) is 2. The zero-order valence-electron chi connectivity index (χ0n) is 17.2. The van der Waals surface area contributed by atoms with Crippen molar-refractivity contribution < 1.29 is 0 Å². The molecular weight excluding hydrogens is 394 g/mol. The third kappa shape index (κ3) is 4.51. The second-order valence-electron chi connectivity index (χ2n) is 9.84. The van der Waals surface area contributed by atoms with Crippen LogP contribution in [-0.2, 0) is 0 Å². The van der Waals surface area contributed by atoms with E-state index >= 15 is 0 Å². The Kier molecular flexibility index (Phi) is 7.36. The molecule has 0 bridgehead atoms. The Labute approximate surface area is 178 Å². The molecule has 2 aliphatic carbocycles. The van der Waals surface area contributed by atoms with Crippen LogP contribution in [0.4, 0.5) is 0 Å². The van der Waals surface area contributed by atoms with Gasteiger partial charge in [0.05, 0.1) is 0 Å². The third-order valence-corrected chi connectivity index (χ3v) is 15.5. The molecule has 2 saturated carbocycles. The fourth-order valence-electron chi connectivity index (χ4n) is 7.07. The quantitative estimate of drug-likeness (QED) is 0.347. The van der Waals surface area contributed by atoms with Crippen LogP contribution >= 0.6 is 30.8 Å². The first-order valence-corrected chi connectivity index (χ1v) is 14.8. The Morgan fingerprint density at radius 3 is 1.44 bits per heavy atom. The number of halogens is 2. The Morgan fingerprint density at radius 1 is 0.556 bits per heavy atom. The summed E-state index contributed by atoms with van der Waals surface area (Å²) in [5.41, 5.74) is 1.98. The Balaban J connectivity index is 1.69. The van der Waals surface area contributed by atoms with Gasteiger partial charge < -0.3 is 0 Å². The average Bonchev–Trinajstić information content (AvgIpc) is 2.72. The summed E-state index contributed by atoms with van der Waals surface area (Å²) in [6, 6.07) is 0. The van der Waals surface area contributed by atoms with Crippen molar-refractivity contribution in [3.05, 3.63) is 0 Å². The van der Waals surface area contributed by atoms with E-state index in [1.807, 2.05) is 0 Å². The van der Waals surface area contributed by atoms with Gasteiger partial charge in [0.1, 0.15) is 0 Å². The monoisotopic (exact) mass is 434 g/mol. The zero-order chi connectivity index (χ0) is 18.7. The van der Waals surface area contributed by atoms with E-state index < -0.39 is 11.9 Å². The van der Waals surface area contributed by atoms with E-state index in [-0.39, 0.29) is 0 Å². The van der Waals surface area contributed by atoms with Gasteiger partial charge in [-0.15, -0.1) is 0 Å². The van der Waals surface area contributed by atoms with Gasteiger partial charge in [-0.05, 0) is 0 Å². The summed E-state index contributed by atoms with van der Waals surface area (Å²) < 4.78 is 5.73. The molecule has 0 aromatic rings. The number of alkyl halides is 2. The summed E-state index contributed by atoms with van der Waals surface area (Å²) in [5, 5.41) is 0. The molecule has 0 unspecified atom stereocenters. The Morgan fingerprint density at radius 2 is 0.963 bits per heavy atom. The van der Waals surface area contributed by atoms with Crippen molar-refractivity contribution >= 4 is 30.8 Å². The molecule has 158 valence electrons. The van der Waals surface area contributed by atoms with Crippen molar-refractivity contribution in [2.75, 3.05) is 26.2 Å². The second-order valence-corrected chi connectivity index (χ2v) is 15.9. The van der Waals surface area contributed by atoms with Crippen LogP contribution in [0.5, 0.6) is 0 Å². The van der Waals surface area contributed by atoms with Gasteiger partial charge in [0.25, 0.3) is 0 Å². The molecule has 0 radical (unpaired) electrons. The van der Waals surface area contributed by atoms with Crippen LogP contribution in [0.2, 0.25) is 0 Å².